The SMILES string of the molecule is O=C(O)c1ccc(O)cc1-c1cnc(F)c(-c2ccccc2)c1-c1ccccc1. The van der Waals surface area contributed by atoms with Gasteiger partial charge in [-0.15, -0.1) is 0 Å². The van der Waals surface area contributed by atoms with Crippen molar-refractivity contribution in [3.63, 3.8) is 0 Å². The third-order valence-electron chi connectivity index (χ3n) is 4.68. The van der Waals surface area contributed by atoms with Crippen LogP contribution in [0.5, 0.6) is 5.75 Å². The molecule has 0 unspecified atom stereocenters. The molecule has 1 heterocycles. The van der Waals surface area contributed by atoms with Crippen molar-refractivity contribution in [2.75, 3.05) is 0 Å². The van der Waals surface area contributed by atoms with Gasteiger partial charge in [-0.25, -0.2) is 9.78 Å². The summed E-state index contributed by atoms with van der Waals surface area (Å²) in [6, 6.07) is 22.1. The van der Waals surface area contributed by atoms with Crippen molar-refractivity contribution < 1.29 is 19.4 Å². The summed E-state index contributed by atoms with van der Waals surface area (Å²) in [5, 5.41) is 19.6. The van der Waals surface area contributed by atoms with Crippen LogP contribution in [0.2, 0.25) is 0 Å². The number of benzene rings is 3. The highest BCUT2D eigenvalue weighted by Gasteiger charge is 2.22. The van der Waals surface area contributed by atoms with Gasteiger partial charge in [0.15, 0.2) is 0 Å². The first-order valence-electron chi connectivity index (χ1n) is 8.92. The van der Waals surface area contributed by atoms with Crippen molar-refractivity contribution in [3.05, 3.63) is 96.6 Å². The fourth-order valence-electron chi connectivity index (χ4n) is 3.41. The van der Waals surface area contributed by atoms with Crippen LogP contribution < -0.4 is 0 Å². The quantitative estimate of drug-likeness (QED) is 0.447. The Morgan fingerprint density at radius 2 is 1.38 bits per heavy atom. The van der Waals surface area contributed by atoms with Crippen molar-refractivity contribution in [3.8, 4) is 39.1 Å². The molecule has 0 amide bonds. The minimum atomic E-state index is -1.15. The largest absolute Gasteiger partial charge is 0.508 e. The summed E-state index contributed by atoms with van der Waals surface area (Å²) >= 11 is 0. The van der Waals surface area contributed by atoms with E-state index < -0.39 is 11.9 Å². The summed E-state index contributed by atoms with van der Waals surface area (Å²) in [5.74, 6) is -1.89. The number of phenols is 1. The first-order chi connectivity index (χ1) is 14.1. The molecule has 0 bridgehead atoms. The Kier molecular flexibility index (Phi) is 4.79. The lowest BCUT2D eigenvalue weighted by atomic mass is 9.88. The van der Waals surface area contributed by atoms with E-state index in [4.69, 9.17) is 0 Å². The zero-order valence-corrected chi connectivity index (χ0v) is 15.2. The number of carboxylic acids is 1. The molecule has 0 aliphatic carbocycles. The maximum absolute atomic E-state index is 15.0. The average molecular weight is 385 g/mol. The number of aromatic nitrogens is 1. The number of carbonyl (C=O) groups is 1. The Morgan fingerprint density at radius 1 is 0.793 bits per heavy atom. The van der Waals surface area contributed by atoms with Crippen molar-refractivity contribution in [2.45, 2.75) is 0 Å². The highest BCUT2D eigenvalue weighted by atomic mass is 19.1. The normalized spacial score (nSPS) is 10.7. The number of carboxylic acid groups (broad SMARTS) is 1. The predicted octanol–water partition coefficient (Wildman–Crippen LogP) is 5.63. The number of aromatic hydroxyl groups is 1. The summed E-state index contributed by atoms with van der Waals surface area (Å²) in [7, 11) is 0. The maximum Gasteiger partial charge on any atom is 0.336 e. The van der Waals surface area contributed by atoms with Gasteiger partial charge in [-0.2, -0.15) is 4.39 Å². The minimum absolute atomic E-state index is 0.00704. The van der Waals surface area contributed by atoms with Crippen LogP contribution in [0.3, 0.4) is 0 Å². The number of hydrogen-bond donors (Lipinski definition) is 2. The van der Waals surface area contributed by atoms with Crippen LogP contribution >= 0.6 is 0 Å². The van der Waals surface area contributed by atoms with E-state index in [0.29, 0.717) is 22.3 Å². The molecule has 0 saturated carbocycles. The zero-order valence-electron chi connectivity index (χ0n) is 15.2. The molecular weight excluding hydrogens is 369 g/mol. The first kappa shape index (κ1) is 18.4. The molecule has 3 aromatic carbocycles. The van der Waals surface area contributed by atoms with Gasteiger partial charge in [-0.1, -0.05) is 60.7 Å². The van der Waals surface area contributed by atoms with Crippen LogP contribution in [0.4, 0.5) is 4.39 Å². The second-order valence-electron chi connectivity index (χ2n) is 6.48. The third-order valence-corrected chi connectivity index (χ3v) is 4.68. The highest BCUT2D eigenvalue weighted by Crippen LogP contribution is 2.42. The number of nitrogens with zero attached hydrogens (tertiary/aromatic N) is 1. The predicted molar refractivity (Wildman–Crippen MR) is 109 cm³/mol. The molecule has 4 nitrogen and oxygen atoms in total. The lowest BCUT2D eigenvalue weighted by Gasteiger charge is -2.17. The van der Waals surface area contributed by atoms with E-state index >= 15 is 0 Å². The van der Waals surface area contributed by atoms with E-state index in [9.17, 15) is 19.4 Å². The van der Waals surface area contributed by atoms with E-state index in [-0.39, 0.29) is 22.4 Å². The van der Waals surface area contributed by atoms with Gasteiger partial charge in [-0.3, -0.25) is 0 Å². The van der Waals surface area contributed by atoms with Crippen molar-refractivity contribution in [1.29, 1.82) is 0 Å². The number of pyridine rings is 1. The van der Waals surface area contributed by atoms with E-state index in [2.05, 4.69) is 4.98 Å². The van der Waals surface area contributed by atoms with Gasteiger partial charge in [0.05, 0.1) is 5.56 Å². The summed E-state index contributed by atoms with van der Waals surface area (Å²) < 4.78 is 15.0. The molecule has 0 aliphatic heterocycles. The van der Waals surface area contributed by atoms with Gasteiger partial charge >= 0.3 is 5.97 Å². The smallest absolute Gasteiger partial charge is 0.336 e. The lowest BCUT2D eigenvalue weighted by molar-refractivity contribution is 0.0697. The van der Waals surface area contributed by atoms with Crippen molar-refractivity contribution in [2.24, 2.45) is 0 Å². The van der Waals surface area contributed by atoms with Crippen LogP contribution in [0.25, 0.3) is 33.4 Å². The Morgan fingerprint density at radius 3 is 1.97 bits per heavy atom. The Labute approximate surface area is 166 Å². The molecule has 142 valence electrons. The third kappa shape index (κ3) is 3.46. The summed E-state index contributed by atoms with van der Waals surface area (Å²) in [6.45, 7) is 0. The van der Waals surface area contributed by atoms with Gasteiger partial charge < -0.3 is 10.2 Å². The van der Waals surface area contributed by atoms with Gasteiger partial charge in [0, 0.05) is 28.5 Å². The maximum atomic E-state index is 15.0. The fraction of sp³-hybridized carbons (Fsp3) is 0. The zero-order chi connectivity index (χ0) is 20.4. The second-order valence-corrected chi connectivity index (χ2v) is 6.48. The van der Waals surface area contributed by atoms with Crippen LogP contribution in [-0.2, 0) is 0 Å². The van der Waals surface area contributed by atoms with Gasteiger partial charge in [-0.05, 0) is 29.3 Å². The molecule has 0 saturated heterocycles. The number of phenolic OH excluding ortho intramolecular Hbond substituents is 1. The molecule has 1 aromatic heterocycles. The number of aromatic carboxylic acids is 1. The second kappa shape index (κ2) is 7.56. The Balaban J connectivity index is 2.13. The molecule has 0 atom stereocenters. The number of halogens is 1. The molecular formula is C24H16FNO3. The molecule has 4 rings (SSSR count). The van der Waals surface area contributed by atoms with Crippen LogP contribution in [0.15, 0.2) is 85.1 Å². The first-order valence-corrected chi connectivity index (χ1v) is 8.92. The van der Waals surface area contributed by atoms with Crippen molar-refractivity contribution in [1.82, 2.24) is 4.98 Å². The molecule has 2 N–H and O–H groups in total. The van der Waals surface area contributed by atoms with Crippen molar-refractivity contribution >= 4 is 5.97 Å². The summed E-state index contributed by atoms with van der Waals surface area (Å²) in [5.41, 5.74) is 2.79. The average Bonchev–Trinajstić information content (AvgIpc) is 2.74. The molecule has 0 fully saturated rings. The van der Waals surface area contributed by atoms with Crippen LogP contribution in [0.1, 0.15) is 10.4 Å². The Bertz CT molecular complexity index is 1190. The fourth-order valence-corrected chi connectivity index (χ4v) is 3.41. The van der Waals surface area contributed by atoms with E-state index in [1.54, 1.807) is 24.3 Å². The molecule has 0 aliphatic rings. The summed E-state index contributed by atoms with van der Waals surface area (Å²) in [6.07, 6.45) is 1.31. The van der Waals surface area contributed by atoms with Gasteiger partial charge in [0.25, 0.3) is 0 Å². The molecule has 5 heteroatoms. The topological polar surface area (TPSA) is 70.4 Å². The van der Waals surface area contributed by atoms with Crippen LogP contribution in [-0.4, -0.2) is 21.2 Å². The lowest BCUT2D eigenvalue weighted by Crippen LogP contribution is -2.02. The van der Waals surface area contributed by atoms with Gasteiger partial charge in [0.1, 0.15) is 5.75 Å². The molecule has 4 aromatic rings. The monoisotopic (exact) mass is 385 g/mol. The molecule has 0 spiro atoms. The highest BCUT2D eigenvalue weighted by molar-refractivity contribution is 6.02. The van der Waals surface area contributed by atoms with Crippen LogP contribution in [0, 0.1) is 5.95 Å². The number of hydrogen-bond acceptors (Lipinski definition) is 3. The number of rotatable bonds is 4. The summed E-state index contributed by atoms with van der Waals surface area (Å²) in [4.78, 5) is 15.7. The minimum Gasteiger partial charge on any atom is -0.508 e. The van der Waals surface area contributed by atoms with E-state index in [1.807, 2.05) is 36.4 Å². The van der Waals surface area contributed by atoms with Gasteiger partial charge in [0.2, 0.25) is 5.95 Å². The van der Waals surface area contributed by atoms with E-state index in [1.165, 1.54) is 24.4 Å². The molecule has 29 heavy (non-hydrogen) atoms. The standard InChI is InChI=1S/C24H16FNO3/c25-23-22(16-9-5-2-6-10-16)21(15-7-3-1-4-8-15)20(14-26-23)19-13-17(27)11-12-18(19)24(28)29/h1-14,27H,(H,28,29). The Hall–Kier alpha value is -3.99. The van der Waals surface area contributed by atoms with E-state index in [0.717, 1.165) is 0 Å². The molecule has 0 radical (unpaired) electrons.